The van der Waals surface area contributed by atoms with Crippen LogP contribution in [0.15, 0.2) is 61.2 Å². The third-order valence-electron chi connectivity index (χ3n) is 4.53. The highest BCUT2D eigenvalue weighted by Gasteiger charge is 2.20. The zero-order valence-corrected chi connectivity index (χ0v) is 14.3. The Morgan fingerprint density at radius 2 is 2.04 bits per heavy atom. The van der Waals surface area contributed by atoms with Crippen LogP contribution in [0.2, 0.25) is 0 Å². The molecule has 1 N–H and O–H groups in total. The number of ether oxygens (including phenoxy) is 1. The predicted octanol–water partition coefficient (Wildman–Crippen LogP) is 2.31. The van der Waals surface area contributed by atoms with E-state index in [0.717, 1.165) is 17.7 Å². The highest BCUT2D eigenvalue weighted by Crippen LogP contribution is 2.26. The van der Waals surface area contributed by atoms with Crippen LogP contribution in [0.5, 0.6) is 5.75 Å². The van der Waals surface area contributed by atoms with Gasteiger partial charge in [-0.15, -0.1) is 0 Å². The van der Waals surface area contributed by atoms with Crippen molar-refractivity contribution in [1.82, 2.24) is 20.1 Å². The molecule has 2 heterocycles. The molecule has 1 unspecified atom stereocenters. The fraction of sp³-hybridized carbons (Fsp3) is 0.250. The summed E-state index contributed by atoms with van der Waals surface area (Å²) in [6.45, 7) is 1.88. The lowest BCUT2D eigenvalue weighted by Gasteiger charge is -2.25. The lowest BCUT2D eigenvalue weighted by Crippen LogP contribution is -2.34. The first-order valence-corrected chi connectivity index (χ1v) is 8.68. The van der Waals surface area contributed by atoms with Crippen molar-refractivity contribution in [1.29, 1.82) is 0 Å². The number of nitrogens with one attached hydrogen (secondary N) is 1. The predicted molar refractivity (Wildman–Crippen MR) is 97.0 cm³/mol. The van der Waals surface area contributed by atoms with Gasteiger partial charge in [-0.3, -0.25) is 4.79 Å². The van der Waals surface area contributed by atoms with Crippen LogP contribution < -0.4 is 10.1 Å². The Morgan fingerprint density at radius 1 is 1.19 bits per heavy atom. The van der Waals surface area contributed by atoms with Crippen molar-refractivity contribution in [2.75, 3.05) is 13.2 Å². The van der Waals surface area contributed by atoms with E-state index in [1.54, 1.807) is 11.0 Å². The molecular formula is C20H20N4O2. The Bertz CT molecular complexity index is 875. The van der Waals surface area contributed by atoms with Crippen molar-refractivity contribution in [3.05, 3.63) is 77.9 Å². The van der Waals surface area contributed by atoms with E-state index >= 15 is 0 Å². The fourth-order valence-electron chi connectivity index (χ4n) is 3.12. The van der Waals surface area contributed by atoms with E-state index in [2.05, 4.69) is 21.5 Å². The Kier molecular flexibility index (Phi) is 4.64. The summed E-state index contributed by atoms with van der Waals surface area (Å²) < 4.78 is 7.52. The Hall–Kier alpha value is -3.15. The molecule has 0 aliphatic carbocycles. The molecule has 0 fully saturated rings. The fourth-order valence-corrected chi connectivity index (χ4v) is 3.12. The lowest BCUT2D eigenvalue weighted by atomic mass is 9.96. The number of fused-ring (bicyclic) bond motifs is 1. The average molecular weight is 348 g/mol. The molecular weight excluding hydrogens is 328 g/mol. The molecule has 0 saturated carbocycles. The molecule has 2 aromatic carbocycles. The summed E-state index contributed by atoms with van der Waals surface area (Å²) in [5.74, 6) is 1.19. The van der Waals surface area contributed by atoms with Gasteiger partial charge >= 0.3 is 0 Å². The van der Waals surface area contributed by atoms with Crippen molar-refractivity contribution >= 4 is 5.91 Å². The van der Waals surface area contributed by atoms with Gasteiger partial charge in [-0.1, -0.05) is 30.3 Å². The smallest absolute Gasteiger partial charge is 0.251 e. The number of hydrogen-bond acceptors (Lipinski definition) is 4. The third kappa shape index (κ3) is 3.74. The molecule has 132 valence electrons. The first-order valence-electron chi connectivity index (χ1n) is 8.68. The first kappa shape index (κ1) is 16.3. The van der Waals surface area contributed by atoms with Crippen LogP contribution in [0.25, 0.3) is 0 Å². The maximum atomic E-state index is 12.4. The van der Waals surface area contributed by atoms with Crippen molar-refractivity contribution < 1.29 is 9.53 Å². The summed E-state index contributed by atoms with van der Waals surface area (Å²) in [6, 6.07) is 15.6. The summed E-state index contributed by atoms with van der Waals surface area (Å²) in [6.07, 6.45) is 4.10. The van der Waals surface area contributed by atoms with Crippen molar-refractivity contribution in [2.45, 2.75) is 13.0 Å². The summed E-state index contributed by atoms with van der Waals surface area (Å²) in [7, 11) is 0. The van der Waals surface area contributed by atoms with Crippen LogP contribution in [0.4, 0.5) is 0 Å². The van der Waals surface area contributed by atoms with Gasteiger partial charge in [-0.2, -0.15) is 5.10 Å². The quantitative estimate of drug-likeness (QED) is 0.768. The normalized spacial score (nSPS) is 15.8. The van der Waals surface area contributed by atoms with Gasteiger partial charge in [0.15, 0.2) is 0 Å². The summed E-state index contributed by atoms with van der Waals surface area (Å²) in [5, 5.41) is 7.10. The molecule has 6 nitrogen and oxygen atoms in total. The second-order valence-corrected chi connectivity index (χ2v) is 6.49. The Balaban J connectivity index is 1.31. The number of aromatic nitrogens is 3. The van der Waals surface area contributed by atoms with Gasteiger partial charge in [-0.25, -0.2) is 9.67 Å². The van der Waals surface area contributed by atoms with E-state index in [1.807, 2.05) is 42.5 Å². The minimum Gasteiger partial charge on any atom is -0.493 e. The molecule has 6 heteroatoms. The van der Waals surface area contributed by atoms with Crippen LogP contribution in [-0.2, 0) is 13.0 Å². The molecule has 26 heavy (non-hydrogen) atoms. The van der Waals surface area contributed by atoms with E-state index in [0.29, 0.717) is 31.2 Å². The molecule has 1 aliphatic rings. The molecule has 0 spiro atoms. The maximum Gasteiger partial charge on any atom is 0.251 e. The minimum atomic E-state index is -0.0591. The van der Waals surface area contributed by atoms with Gasteiger partial charge in [-0.05, 0) is 35.7 Å². The monoisotopic (exact) mass is 348 g/mol. The zero-order chi connectivity index (χ0) is 17.8. The Morgan fingerprint density at radius 3 is 2.85 bits per heavy atom. The van der Waals surface area contributed by atoms with Gasteiger partial charge in [0.25, 0.3) is 5.91 Å². The maximum absolute atomic E-state index is 12.4. The van der Waals surface area contributed by atoms with Gasteiger partial charge in [0, 0.05) is 18.0 Å². The molecule has 1 aliphatic heterocycles. The molecule has 1 amide bonds. The number of nitrogens with zero attached hydrogens (tertiary/aromatic N) is 3. The lowest BCUT2D eigenvalue weighted by molar-refractivity contribution is 0.0939. The molecule has 0 saturated heterocycles. The van der Waals surface area contributed by atoms with E-state index in [4.69, 9.17) is 4.74 Å². The number of carbonyl (C=O) groups excluding carboxylic acids is 1. The van der Waals surface area contributed by atoms with E-state index in [1.165, 1.54) is 11.9 Å². The average Bonchev–Trinajstić information content (AvgIpc) is 3.19. The number of benzene rings is 2. The van der Waals surface area contributed by atoms with Crippen molar-refractivity contribution in [2.24, 2.45) is 5.92 Å². The summed E-state index contributed by atoms with van der Waals surface area (Å²) in [5.41, 5.74) is 2.93. The highest BCUT2D eigenvalue weighted by molar-refractivity contribution is 5.94. The van der Waals surface area contributed by atoms with E-state index in [9.17, 15) is 4.79 Å². The summed E-state index contributed by atoms with van der Waals surface area (Å²) >= 11 is 0. The zero-order valence-electron chi connectivity index (χ0n) is 14.3. The molecule has 1 atom stereocenters. The van der Waals surface area contributed by atoms with E-state index < -0.39 is 0 Å². The van der Waals surface area contributed by atoms with E-state index in [-0.39, 0.29) is 5.91 Å². The van der Waals surface area contributed by atoms with Crippen LogP contribution >= 0.6 is 0 Å². The van der Waals surface area contributed by atoms with Crippen LogP contribution in [-0.4, -0.2) is 33.8 Å². The number of hydrogen-bond donors (Lipinski definition) is 1. The van der Waals surface area contributed by atoms with Crippen LogP contribution in [0.1, 0.15) is 21.5 Å². The minimum absolute atomic E-state index is 0.0591. The first-order chi connectivity index (χ1) is 12.8. The molecule has 1 aromatic heterocycles. The molecule has 0 radical (unpaired) electrons. The van der Waals surface area contributed by atoms with Crippen molar-refractivity contribution in [3.63, 3.8) is 0 Å². The van der Waals surface area contributed by atoms with Gasteiger partial charge < -0.3 is 10.1 Å². The molecule has 4 rings (SSSR count). The number of amides is 1. The topological polar surface area (TPSA) is 69.0 Å². The standard InChI is InChI=1S/C20H20N4O2/c25-20(17-7-5-15(6-8-17)11-24-14-21-13-23-24)22-10-16-9-18-3-1-2-4-19(18)26-12-16/h1-8,13-14,16H,9-12H2,(H,22,25). The largest absolute Gasteiger partial charge is 0.493 e. The SMILES string of the molecule is O=C(NCC1COc2ccccc2C1)c1ccc(Cn2cncn2)cc1. The van der Waals surface area contributed by atoms with Gasteiger partial charge in [0.05, 0.1) is 13.2 Å². The van der Waals surface area contributed by atoms with Gasteiger partial charge in [0.2, 0.25) is 0 Å². The van der Waals surface area contributed by atoms with Crippen LogP contribution in [0.3, 0.4) is 0 Å². The number of rotatable bonds is 5. The van der Waals surface area contributed by atoms with Crippen molar-refractivity contribution in [3.8, 4) is 5.75 Å². The number of carbonyl (C=O) groups is 1. The highest BCUT2D eigenvalue weighted by atomic mass is 16.5. The Labute approximate surface area is 151 Å². The number of para-hydroxylation sites is 1. The molecule has 3 aromatic rings. The second-order valence-electron chi connectivity index (χ2n) is 6.49. The summed E-state index contributed by atoms with van der Waals surface area (Å²) in [4.78, 5) is 16.3. The van der Waals surface area contributed by atoms with Crippen LogP contribution in [0, 0.1) is 5.92 Å². The van der Waals surface area contributed by atoms with Gasteiger partial charge in [0.1, 0.15) is 18.4 Å². The molecule has 0 bridgehead atoms. The third-order valence-corrected chi connectivity index (χ3v) is 4.53. The second kappa shape index (κ2) is 7.39.